The number of hydrogen-bond acceptors (Lipinski definition) is 4. The van der Waals surface area contributed by atoms with Gasteiger partial charge in [0.1, 0.15) is 11.9 Å². The highest BCUT2D eigenvalue weighted by molar-refractivity contribution is 5.88. The van der Waals surface area contributed by atoms with E-state index in [0.717, 1.165) is 29.9 Å². The molecule has 1 saturated heterocycles. The molecule has 2 heterocycles. The van der Waals surface area contributed by atoms with Gasteiger partial charge in [0.15, 0.2) is 0 Å². The van der Waals surface area contributed by atoms with Crippen molar-refractivity contribution in [2.45, 2.75) is 51.7 Å². The first kappa shape index (κ1) is 17.5. The zero-order chi connectivity index (χ0) is 18.3. The Kier molecular flexibility index (Phi) is 4.58. The van der Waals surface area contributed by atoms with Crippen molar-refractivity contribution < 1.29 is 14.3 Å². The van der Waals surface area contributed by atoms with Gasteiger partial charge in [-0.3, -0.25) is 4.79 Å². The number of carbonyl (C=O) groups excluding carboxylic acids is 2. The largest absolute Gasteiger partial charge is 0.453 e. The maximum absolute atomic E-state index is 13.3. The summed E-state index contributed by atoms with van der Waals surface area (Å²) in [7, 11) is 1.30. The molecule has 0 bridgehead atoms. The Labute approximate surface area is 147 Å². The molecule has 136 valence electrons. The molecular weight excluding hydrogens is 320 g/mol. The van der Waals surface area contributed by atoms with Crippen molar-refractivity contribution in [2.24, 2.45) is 11.8 Å². The maximum Gasteiger partial charge on any atom is 0.407 e. The van der Waals surface area contributed by atoms with Gasteiger partial charge in [-0.2, -0.15) is 0 Å². The maximum atomic E-state index is 13.3. The number of alkyl carbamates (subject to hydrolysis) is 1. The average Bonchev–Trinajstić information content (AvgIpc) is 2.98. The van der Waals surface area contributed by atoms with E-state index in [2.05, 4.69) is 21.9 Å². The van der Waals surface area contributed by atoms with Crippen LogP contribution >= 0.6 is 0 Å². The monoisotopic (exact) mass is 346 g/mol. The Morgan fingerprint density at radius 1 is 1.56 bits per heavy atom. The van der Waals surface area contributed by atoms with E-state index < -0.39 is 12.1 Å². The van der Waals surface area contributed by atoms with Gasteiger partial charge in [-0.1, -0.05) is 26.8 Å². The molecule has 2 aliphatic rings. The van der Waals surface area contributed by atoms with Crippen molar-refractivity contribution in [1.82, 2.24) is 20.2 Å². The number of carbonyl (C=O) groups is 2. The zero-order valence-corrected chi connectivity index (χ0v) is 15.2. The lowest BCUT2D eigenvalue weighted by molar-refractivity contribution is -0.136. The predicted octanol–water partition coefficient (Wildman–Crippen LogP) is 2.32. The third-order valence-corrected chi connectivity index (χ3v) is 5.47. The Balaban J connectivity index is 1.87. The number of fused-ring (bicyclic) bond motifs is 1. The first-order valence-corrected chi connectivity index (χ1v) is 8.75. The Morgan fingerprint density at radius 3 is 2.84 bits per heavy atom. The zero-order valence-electron chi connectivity index (χ0n) is 15.2. The van der Waals surface area contributed by atoms with Crippen LogP contribution in [0.1, 0.15) is 44.2 Å². The SMILES string of the molecule is C=C1[C@@H]2[C@H]1C[C@@H](c1ncc(C)[nH]1)N2C(=O)[C@@H](NC(=O)OC)[C@@H](C)CC. The topological polar surface area (TPSA) is 87.3 Å². The highest BCUT2D eigenvalue weighted by atomic mass is 16.5. The summed E-state index contributed by atoms with van der Waals surface area (Å²) < 4.78 is 4.70. The number of likely N-dealkylation sites (tertiary alicyclic amines) is 1. The number of aromatic nitrogens is 2. The predicted molar refractivity (Wildman–Crippen MR) is 92.7 cm³/mol. The number of nitrogens with zero attached hydrogens (tertiary/aromatic N) is 2. The standard InChI is InChI=1S/C18H26N4O3/c1-6-9(2)14(21-18(24)25-5)17(23)22-13(7-12-11(4)15(12)22)16-19-8-10(3)20-16/h8-9,12-15H,4,6-7H2,1-3,5H3,(H,19,20)(H,21,24)/t9-,12-,13-,14-,15+/m0/s1. The summed E-state index contributed by atoms with van der Waals surface area (Å²) in [5.41, 5.74) is 2.06. The van der Waals surface area contributed by atoms with Crippen LogP contribution in [0.15, 0.2) is 18.3 Å². The molecule has 25 heavy (non-hydrogen) atoms. The number of piperidine rings is 1. The molecular formula is C18H26N4O3. The summed E-state index contributed by atoms with van der Waals surface area (Å²) in [5.74, 6) is 1.03. The number of rotatable bonds is 5. The number of aromatic amines is 1. The fraction of sp³-hybridized carbons (Fsp3) is 0.611. The van der Waals surface area contributed by atoms with Crippen molar-refractivity contribution in [3.63, 3.8) is 0 Å². The molecule has 2 N–H and O–H groups in total. The van der Waals surface area contributed by atoms with Crippen molar-refractivity contribution in [2.75, 3.05) is 7.11 Å². The molecule has 7 nitrogen and oxygen atoms in total. The molecule has 1 aliphatic heterocycles. The number of hydrogen-bond donors (Lipinski definition) is 2. The van der Waals surface area contributed by atoms with Gasteiger partial charge in [0.05, 0.1) is 19.2 Å². The highest BCUT2D eigenvalue weighted by Crippen LogP contribution is 2.56. The van der Waals surface area contributed by atoms with Crippen LogP contribution < -0.4 is 5.32 Å². The smallest absolute Gasteiger partial charge is 0.407 e. The third kappa shape index (κ3) is 3.03. The summed E-state index contributed by atoms with van der Waals surface area (Å²) in [6.07, 6.45) is 2.78. The van der Waals surface area contributed by atoms with Crippen LogP contribution in [0.4, 0.5) is 4.79 Å². The van der Waals surface area contributed by atoms with Gasteiger partial charge in [0.25, 0.3) is 0 Å². The van der Waals surface area contributed by atoms with Crippen molar-refractivity contribution >= 4 is 12.0 Å². The minimum Gasteiger partial charge on any atom is -0.453 e. The van der Waals surface area contributed by atoms with E-state index in [1.807, 2.05) is 25.7 Å². The molecule has 1 saturated carbocycles. The lowest BCUT2D eigenvalue weighted by Gasteiger charge is -2.32. The number of amides is 2. The molecule has 0 unspecified atom stereocenters. The molecule has 2 amide bonds. The summed E-state index contributed by atoms with van der Waals surface area (Å²) in [6, 6.07) is -0.676. The summed E-state index contributed by atoms with van der Waals surface area (Å²) in [5, 5.41) is 2.71. The van der Waals surface area contributed by atoms with Gasteiger partial charge in [-0.05, 0) is 24.8 Å². The van der Waals surface area contributed by atoms with Crippen LogP contribution in [0.2, 0.25) is 0 Å². The molecule has 0 spiro atoms. The Morgan fingerprint density at radius 2 is 2.28 bits per heavy atom. The third-order valence-electron chi connectivity index (χ3n) is 5.47. The average molecular weight is 346 g/mol. The van der Waals surface area contributed by atoms with E-state index in [9.17, 15) is 9.59 Å². The van der Waals surface area contributed by atoms with E-state index in [0.29, 0.717) is 5.92 Å². The van der Waals surface area contributed by atoms with Crippen LogP contribution in [0.5, 0.6) is 0 Å². The molecule has 0 aromatic carbocycles. The Bertz CT molecular complexity index is 698. The number of imidazole rings is 1. The van der Waals surface area contributed by atoms with E-state index >= 15 is 0 Å². The molecule has 7 heteroatoms. The van der Waals surface area contributed by atoms with E-state index in [-0.39, 0.29) is 23.9 Å². The summed E-state index contributed by atoms with van der Waals surface area (Å²) in [4.78, 5) is 34.6. The molecule has 1 aliphatic carbocycles. The molecule has 0 radical (unpaired) electrons. The second-order valence-corrected chi connectivity index (χ2v) is 7.07. The van der Waals surface area contributed by atoms with E-state index in [1.54, 1.807) is 6.20 Å². The fourth-order valence-corrected chi connectivity index (χ4v) is 3.73. The molecule has 3 rings (SSSR count). The van der Waals surface area contributed by atoms with Gasteiger partial charge in [-0.25, -0.2) is 9.78 Å². The molecule has 2 fully saturated rings. The lowest BCUT2D eigenvalue weighted by atomic mass is 9.97. The first-order chi connectivity index (χ1) is 11.9. The minimum atomic E-state index is -0.622. The number of ether oxygens (including phenoxy) is 1. The van der Waals surface area contributed by atoms with Crippen LogP contribution in [0.25, 0.3) is 0 Å². The van der Waals surface area contributed by atoms with Crippen LogP contribution in [0, 0.1) is 18.8 Å². The number of methoxy groups -OCH3 is 1. The van der Waals surface area contributed by atoms with Gasteiger partial charge >= 0.3 is 6.09 Å². The summed E-state index contributed by atoms with van der Waals surface area (Å²) in [6.45, 7) is 9.98. The highest BCUT2D eigenvalue weighted by Gasteiger charge is 2.59. The second kappa shape index (κ2) is 6.54. The van der Waals surface area contributed by atoms with Gasteiger partial charge in [0, 0.05) is 17.8 Å². The van der Waals surface area contributed by atoms with Gasteiger partial charge in [0.2, 0.25) is 5.91 Å². The number of nitrogens with one attached hydrogen (secondary N) is 2. The van der Waals surface area contributed by atoms with Gasteiger partial charge < -0.3 is 19.9 Å². The lowest BCUT2D eigenvalue weighted by Crippen LogP contribution is -2.52. The molecule has 5 atom stereocenters. The quantitative estimate of drug-likeness (QED) is 0.801. The summed E-state index contributed by atoms with van der Waals surface area (Å²) >= 11 is 0. The number of H-pyrrole nitrogens is 1. The fourth-order valence-electron chi connectivity index (χ4n) is 3.73. The first-order valence-electron chi connectivity index (χ1n) is 8.75. The van der Waals surface area contributed by atoms with E-state index in [1.165, 1.54) is 7.11 Å². The van der Waals surface area contributed by atoms with Crippen LogP contribution in [-0.4, -0.2) is 46.1 Å². The molecule has 1 aromatic heterocycles. The second-order valence-electron chi connectivity index (χ2n) is 7.07. The van der Waals surface area contributed by atoms with Crippen LogP contribution in [0.3, 0.4) is 0 Å². The van der Waals surface area contributed by atoms with Crippen LogP contribution in [-0.2, 0) is 9.53 Å². The Hall–Kier alpha value is -2.31. The van der Waals surface area contributed by atoms with Crippen molar-refractivity contribution in [3.05, 3.63) is 29.9 Å². The molecule has 1 aromatic rings. The van der Waals surface area contributed by atoms with Crippen molar-refractivity contribution in [3.8, 4) is 0 Å². The minimum absolute atomic E-state index is 0.00310. The van der Waals surface area contributed by atoms with Gasteiger partial charge in [-0.15, -0.1) is 0 Å². The number of aryl methyl sites for hydroxylation is 1. The van der Waals surface area contributed by atoms with E-state index in [4.69, 9.17) is 4.74 Å². The van der Waals surface area contributed by atoms with Crippen molar-refractivity contribution in [1.29, 1.82) is 0 Å². The normalized spacial score (nSPS) is 26.8.